The van der Waals surface area contributed by atoms with Crippen LogP contribution in [0.2, 0.25) is 0 Å². The molecule has 0 saturated carbocycles. The minimum absolute atomic E-state index is 0.518. The first kappa shape index (κ1) is 10.4. The highest BCUT2D eigenvalue weighted by Gasteiger charge is 2.16. The molecule has 3 nitrogen and oxygen atoms in total. The van der Waals surface area contributed by atoms with Crippen LogP contribution in [0.1, 0.15) is 27.2 Å². The van der Waals surface area contributed by atoms with Crippen LogP contribution >= 0.6 is 0 Å². The van der Waals surface area contributed by atoms with E-state index in [1.54, 1.807) is 0 Å². The fraction of sp³-hybridized carbons (Fsp3) is 0.900. The smallest absolute Gasteiger partial charge is 0.194 e. The molecule has 0 aromatic heterocycles. The van der Waals surface area contributed by atoms with Crippen molar-refractivity contribution in [3.8, 4) is 0 Å². The van der Waals surface area contributed by atoms with Crippen molar-refractivity contribution >= 4 is 5.96 Å². The summed E-state index contributed by atoms with van der Waals surface area (Å²) in [7, 11) is 2.09. The highest BCUT2D eigenvalue weighted by atomic mass is 15.3. The van der Waals surface area contributed by atoms with Crippen LogP contribution in [0, 0.1) is 5.92 Å². The summed E-state index contributed by atoms with van der Waals surface area (Å²) >= 11 is 0. The van der Waals surface area contributed by atoms with Crippen LogP contribution in [-0.2, 0) is 0 Å². The number of hydrogen-bond donors (Lipinski definition) is 1. The lowest BCUT2D eigenvalue weighted by molar-refractivity contribution is 0.417. The molecule has 0 amide bonds. The molecule has 2 unspecified atom stereocenters. The van der Waals surface area contributed by atoms with Crippen LogP contribution < -0.4 is 5.32 Å². The second-order valence-electron chi connectivity index (χ2n) is 3.95. The van der Waals surface area contributed by atoms with E-state index in [0.717, 1.165) is 19.0 Å². The summed E-state index contributed by atoms with van der Waals surface area (Å²) in [5.41, 5.74) is 0. The molecule has 0 aliphatic carbocycles. The second-order valence-corrected chi connectivity index (χ2v) is 3.95. The lowest BCUT2D eigenvalue weighted by atomic mass is 10.0. The molecule has 0 aromatic carbocycles. The first-order valence-electron chi connectivity index (χ1n) is 5.17. The third kappa shape index (κ3) is 2.61. The van der Waals surface area contributed by atoms with Gasteiger partial charge in [0, 0.05) is 19.6 Å². The van der Waals surface area contributed by atoms with Gasteiger partial charge in [-0.2, -0.15) is 0 Å². The zero-order chi connectivity index (χ0) is 9.84. The van der Waals surface area contributed by atoms with E-state index >= 15 is 0 Å². The number of hydrogen-bond acceptors (Lipinski definition) is 3. The van der Waals surface area contributed by atoms with Crippen molar-refractivity contribution in [1.82, 2.24) is 10.2 Å². The van der Waals surface area contributed by atoms with E-state index in [4.69, 9.17) is 0 Å². The third-order valence-electron chi connectivity index (χ3n) is 2.91. The number of nitrogens with one attached hydrogen (secondary N) is 1. The van der Waals surface area contributed by atoms with E-state index in [9.17, 15) is 0 Å². The number of nitrogens with zero attached hydrogens (tertiary/aromatic N) is 2. The SMILES string of the molecule is CCC(C)C(C)NC1=NCCN1C. The molecule has 13 heavy (non-hydrogen) atoms. The first-order valence-corrected chi connectivity index (χ1v) is 5.17. The van der Waals surface area contributed by atoms with Gasteiger partial charge in [-0.3, -0.25) is 4.99 Å². The summed E-state index contributed by atoms with van der Waals surface area (Å²) in [6, 6.07) is 0.518. The topological polar surface area (TPSA) is 27.6 Å². The van der Waals surface area contributed by atoms with Crippen molar-refractivity contribution in [2.45, 2.75) is 33.2 Å². The van der Waals surface area contributed by atoms with Gasteiger partial charge in [-0.05, 0) is 12.8 Å². The lowest BCUT2D eigenvalue weighted by Gasteiger charge is -2.24. The Labute approximate surface area is 81.2 Å². The van der Waals surface area contributed by atoms with Crippen LogP contribution in [0.3, 0.4) is 0 Å². The van der Waals surface area contributed by atoms with Crippen LogP contribution in [0.25, 0.3) is 0 Å². The van der Waals surface area contributed by atoms with E-state index in [1.165, 1.54) is 6.42 Å². The van der Waals surface area contributed by atoms with Crippen LogP contribution in [0.15, 0.2) is 4.99 Å². The zero-order valence-corrected chi connectivity index (χ0v) is 9.17. The number of likely N-dealkylation sites (N-methyl/N-ethyl adjacent to an activating group) is 1. The van der Waals surface area contributed by atoms with Gasteiger partial charge in [-0.15, -0.1) is 0 Å². The van der Waals surface area contributed by atoms with Gasteiger partial charge in [0.15, 0.2) is 5.96 Å². The summed E-state index contributed by atoms with van der Waals surface area (Å²) in [6.07, 6.45) is 1.21. The van der Waals surface area contributed by atoms with Crippen molar-refractivity contribution in [1.29, 1.82) is 0 Å². The van der Waals surface area contributed by atoms with Crippen LogP contribution in [-0.4, -0.2) is 37.0 Å². The first-order chi connectivity index (χ1) is 6.15. The minimum Gasteiger partial charge on any atom is -0.354 e. The van der Waals surface area contributed by atoms with E-state index in [0.29, 0.717) is 12.0 Å². The van der Waals surface area contributed by atoms with Crippen molar-refractivity contribution < 1.29 is 0 Å². The van der Waals surface area contributed by atoms with Gasteiger partial charge in [-0.1, -0.05) is 20.3 Å². The van der Waals surface area contributed by atoms with Crippen LogP contribution in [0.5, 0.6) is 0 Å². The Kier molecular flexibility index (Phi) is 3.58. The summed E-state index contributed by atoms with van der Waals surface area (Å²) in [5, 5.41) is 3.46. The molecule has 1 rings (SSSR count). The third-order valence-corrected chi connectivity index (χ3v) is 2.91. The Morgan fingerprint density at radius 1 is 1.54 bits per heavy atom. The number of guanidine groups is 1. The van der Waals surface area contributed by atoms with Gasteiger partial charge in [0.25, 0.3) is 0 Å². The van der Waals surface area contributed by atoms with E-state index < -0.39 is 0 Å². The molecule has 0 fully saturated rings. The average Bonchev–Trinajstić information content (AvgIpc) is 2.50. The Balaban J connectivity index is 2.39. The molecule has 0 bridgehead atoms. The van der Waals surface area contributed by atoms with Crippen LogP contribution in [0.4, 0.5) is 0 Å². The molecule has 76 valence electrons. The molecular formula is C10H21N3. The summed E-state index contributed by atoms with van der Waals surface area (Å²) < 4.78 is 0. The molecule has 0 aromatic rings. The molecule has 0 saturated heterocycles. The van der Waals surface area contributed by atoms with Crippen molar-refractivity contribution in [3.05, 3.63) is 0 Å². The maximum atomic E-state index is 4.40. The maximum Gasteiger partial charge on any atom is 0.194 e. The normalized spacial score (nSPS) is 21.2. The van der Waals surface area contributed by atoms with Gasteiger partial charge < -0.3 is 10.2 Å². The van der Waals surface area contributed by atoms with Gasteiger partial charge in [-0.25, -0.2) is 0 Å². The lowest BCUT2D eigenvalue weighted by Crippen LogP contribution is -2.43. The summed E-state index contributed by atoms with van der Waals surface area (Å²) in [5.74, 6) is 1.77. The van der Waals surface area contributed by atoms with Gasteiger partial charge in [0.1, 0.15) is 0 Å². The summed E-state index contributed by atoms with van der Waals surface area (Å²) in [4.78, 5) is 6.58. The largest absolute Gasteiger partial charge is 0.354 e. The number of aliphatic imine (C=N–C) groups is 1. The van der Waals surface area contributed by atoms with Gasteiger partial charge >= 0.3 is 0 Å². The predicted octanol–water partition coefficient (Wildman–Crippen LogP) is 1.31. The van der Waals surface area contributed by atoms with Gasteiger partial charge in [0.2, 0.25) is 0 Å². The molecule has 1 aliphatic rings. The molecule has 1 N–H and O–H groups in total. The average molecular weight is 183 g/mol. The number of rotatable bonds is 3. The van der Waals surface area contributed by atoms with E-state index in [2.05, 4.69) is 43.0 Å². The monoisotopic (exact) mass is 183 g/mol. The van der Waals surface area contributed by atoms with Crippen molar-refractivity contribution in [2.75, 3.05) is 20.1 Å². The fourth-order valence-corrected chi connectivity index (χ4v) is 1.39. The van der Waals surface area contributed by atoms with Gasteiger partial charge in [0.05, 0.1) is 6.54 Å². The molecule has 3 heteroatoms. The van der Waals surface area contributed by atoms with E-state index in [1.807, 2.05) is 0 Å². The maximum absolute atomic E-state index is 4.40. The second kappa shape index (κ2) is 4.49. The quantitative estimate of drug-likeness (QED) is 0.714. The highest BCUT2D eigenvalue weighted by Crippen LogP contribution is 2.07. The summed E-state index contributed by atoms with van der Waals surface area (Å²) in [6.45, 7) is 8.71. The Morgan fingerprint density at radius 2 is 2.23 bits per heavy atom. The van der Waals surface area contributed by atoms with Crippen molar-refractivity contribution in [3.63, 3.8) is 0 Å². The Bertz CT molecular complexity index is 189. The Morgan fingerprint density at radius 3 is 2.69 bits per heavy atom. The predicted molar refractivity (Wildman–Crippen MR) is 57.0 cm³/mol. The standard InChI is InChI=1S/C10H21N3/c1-5-8(2)9(3)12-10-11-6-7-13(10)4/h8-9H,5-7H2,1-4H3,(H,11,12). The molecule has 1 heterocycles. The molecule has 2 atom stereocenters. The minimum atomic E-state index is 0.518. The van der Waals surface area contributed by atoms with E-state index in [-0.39, 0.29) is 0 Å². The zero-order valence-electron chi connectivity index (χ0n) is 9.17. The highest BCUT2D eigenvalue weighted by molar-refractivity contribution is 5.81. The Hall–Kier alpha value is -0.730. The molecular weight excluding hydrogens is 162 g/mol. The molecule has 1 aliphatic heterocycles. The molecule has 0 spiro atoms. The van der Waals surface area contributed by atoms with Crippen molar-refractivity contribution in [2.24, 2.45) is 10.9 Å². The fourth-order valence-electron chi connectivity index (χ4n) is 1.39. The molecule has 0 radical (unpaired) electrons.